The third kappa shape index (κ3) is 9.16. The number of aryl methyl sites for hydroxylation is 1. The van der Waals surface area contributed by atoms with Crippen molar-refractivity contribution in [3.63, 3.8) is 0 Å². The van der Waals surface area contributed by atoms with Crippen LogP contribution >= 0.6 is 24.8 Å². The Labute approximate surface area is 299 Å². The number of hydrogen-bond acceptors (Lipinski definition) is 8. The van der Waals surface area contributed by atoms with Gasteiger partial charge in [0.2, 0.25) is 12.0 Å². The maximum atomic E-state index is 14.0. The number of fused-ring (bicyclic) bond motifs is 1. The van der Waals surface area contributed by atoms with Crippen molar-refractivity contribution in [2.24, 2.45) is 4.99 Å². The third-order valence-corrected chi connectivity index (χ3v) is 8.58. The highest BCUT2D eigenvalue weighted by atomic mass is 35.5. The third-order valence-electron chi connectivity index (χ3n) is 8.58. The molecule has 0 N–H and O–H groups in total. The van der Waals surface area contributed by atoms with E-state index in [2.05, 4.69) is 21.9 Å². The average molecular weight is 709 g/mol. The largest absolute Gasteiger partial charge is 0.494 e. The Bertz CT molecular complexity index is 1800. The maximum absolute atomic E-state index is 14.0. The molecule has 1 aliphatic heterocycles. The fraction of sp³-hybridized carbons (Fsp3) is 0.351. The Hall–Kier alpha value is -4.47. The van der Waals surface area contributed by atoms with Crippen LogP contribution in [0.1, 0.15) is 41.6 Å². The molecule has 3 aromatic carbocycles. The summed E-state index contributed by atoms with van der Waals surface area (Å²) >= 11 is 0. The minimum absolute atomic E-state index is 0. The normalized spacial score (nSPS) is 12.7. The molecule has 2 heterocycles. The molecule has 49 heavy (non-hydrogen) atoms. The first-order valence-electron chi connectivity index (χ1n) is 15.9. The lowest BCUT2D eigenvalue weighted by molar-refractivity contribution is -0.132. The van der Waals surface area contributed by atoms with Crippen LogP contribution in [0.4, 0.5) is 11.4 Å². The molecular formula is C37H43Cl2N5O5. The number of unbranched alkanes of at least 4 members (excludes halogenated alkanes) is 2. The van der Waals surface area contributed by atoms with Crippen molar-refractivity contribution in [3.05, 3.63) is 78.0 Å². The number of anilines is 1. The number of hydrogen-bond donors (Lipinski definition) is 0. The SMILES string of the molecule is COc1c(-c2cccc3cccnc23)ccc(C(=O)N(C)c2ccc(C)cc2OCCCCCC(=O)N2CCN(C)CC2)c1N=C=O.Cl.Cl. The van der Waals surface area contributed by atoms with E-state index < -0.39 is 5.91 Å². The molecule has 0 saturated carbocycles. The predicted molar refractivity (Wildman–Crippen MR) is 198 cm³/mol. The number of halogens is 2. The van der Waals surface area contributed by atoms with Gasteiger partial charge < -0.3 is 24.2 Å². The second-order valence-corrected chi connectivity index (χ2v) is 11.8. The molecular weight excluding hydrogens is 665 g/mol. The molecule has 0 atom stereocenters. The van der Waals surface area contributed by atoms with E-state index in [-0.39, 0.29) is 47.7 Å². The number of benzene rings is 3. The Morgan fingerprint density at radius 1 is 0.959 bits per heavy atom. The van der Waals surface area contributed by atoms with Crippen LogP contribution < -0.4 is 14.4 Å². The summed E-state index contributed by atoms with van der Waals surface area (Å²) in [6, 6.07) is 18.7. The lowest BCUT2D eigenvalue weighted by atomic mass is 9.97. The number of methoxy groups -OCH3 is 1. The van der Waals surface area contributed by atoms with E-state index in [0.717, 1.165) is 67.5 Å². The number of carbonyl (C=O) groups is 2. The standard InChI is InChI=1S/C37H41N5O5.2ClH/c1-26-14-17-31(32(24-26)47-23-7-5-6-13-33(44)42-21-19-40(2)20-22-42)41(3)37(45)30-16-15-29(36(46-4)35(30)39-25-43)28-12-8-10-27-11-9-18-38-34(27)28;;/h8-12,14-18,24H,5-7,13,19-23H2,1-4H3;2*1H. The summed E-state index contributed by atoms with van der Waals surface area (Å²) in [5.41, 5.74) is 4.03. The van der Waals surface area contributed by atoms with E-state index >= 15 is 0 Å². The quantitative estimate of drug-likeness (QED) is 0.0886. The van der Waals surface area contributed by atoms with Gasteiger partial charge in [0.25, 0.3) is 5.91 Å². The van der Waals surface area contributed by atoms with Gasteiger partial charge in [-0.25, -0.2) is 4.79 Å². The van der Waals surface area contributed by atoms with E-state index in [4.69, 9.17) is 9.47 Å². The first-order valence-corrected chi connectivity index (χ1v) is 15.9. The van der Waals surface area contributed by atoms with Gasteiger partial charge in [0, 0.05) is 62.4 Å². The number of aliphatic imine (C=N–C) groups is 1. The Morgan fingerprint density at radius 2 is 1.71 bits per heavy atom. The molecule has 12 heteroatoms. The number of isocyanates is 1. The highest BCUT2D eigenvalue weighted by molar-refractivity contribution is 6.11. The van der Waals surface area contributed by atoms with Crippen molar-refractivity contribution in [1.29, 1.82) is 0 Å². The zero-order chi connectivity index (χ0) is 33.3. The summed E-state index contributed by atoms with van der Waals surface area (Å²) in [5, 5.41) is 0.943. The van der Waals surface area contributed by atoms with Gasteiger partial charge >= 0.3 is 0 Å². The van der Waals surface area contributed by atoms with Crippen LogP contribution in [0.3, 0.4) is 0 Å². The zero-order valence-corrected chi connectivity index (χ0v) is 29.9. The summed E-state index contributed by atoms with van der Waals surface area (Å²) < 4.78 is 12.0. The van der Waals surface area contributed by atoms with Gasteiger partial charge in [-0.2, -0.15) is 4.99 Å². The molecule has 5 rings (SSSR count). The molecule has 0 aliphatic carbocycles. The van der Waals surface area contributed by atoms with Crippen LogP contribution in [0.25, 0.3) is 22.0 Å². The minimum atomic E-state index is -0.393. The van der Waals surface area contributed by atoms with E-state index in [9.17, 15) is 14.4 Å². The van der Waals surface area contributed by atoms with Crippen molar-refractivity contribution in [2.45, 2.75) is 32.6 Å². The number of aromatic nitrogens is 1. The number of pyridine rings is 1. The molecule has 4 aromatic rings. The second kappa shape index (κ2) is 18.3. The zero-order valence-electron chi connectivity index (χ0n) is 28.3. The van der Waals surface area contributed by atoms with Crippen molar-refractivity contribution in [2.75, 3.05) is 58.9 Å². The highest BCUT2D eigenvalue weighted by Crippen LogP contribution is 2.43. The Kier molecular flexibility index (Phi) is 14.6. The first kappa shape index (κ1) is 39.0. The van der Waals surface area contributed by atoms with E-state index in [0.29, 0.717) is 30.0 Å². The number of likely N-dealkylation sites (N-methyl/N-ethyl adjacent to an activating group) is 1. The van der Waals surface area contributed by atoms with E-state index in [1.54, 1.807) is 31.5 Å². The molecule has 260 valence electrons. The lowest BCUT2D eigenvalue weighted by Gasteiger charge is -2.32. The molecule has 1 aliphatic rings. The van der Waals surface area contributed by atoms with Crippen molar-refractivity contribution >= 4 is 65.0 Å². The number of piperazine rings is 1. The van der Waals surface area contributed by atoms with Gasteiger partial charge in [-0.05, 0) is 69.1 Å². The summed E-state index contributed by atoms with van der Waals surface area (Å²) in [4.78, 5) is 52.3. The van der Waals surface area contributed by atoms with E-state index in [1.165, 1.54) is 12.0 Å². The molecule has 0 radical (unpaired) electrons. The first-order chi connectivity index (χ1) is 22.8. The molecule has 0 spiro atoms. The number of carbonyl (C=O) groups excluding carboxylic acids is 3. The number of para-hydroxylation sites is 1. The molecule has 0 bridgehead atoms. The smallest absolute Gasteiger partial charge is 0.260 e. The lowest BCUT2D eigenvalue weighted by Crippen LogP contribution is -2.47. The topological polar surface area (TPSA) is 105 Å². The summed E-state index contributed by atoms with van der Waals surface area (Å²) in [7, 11) is 5.22. The van der Waals surface area contributed by atoms with Crippen LogP contribution in [0.15, 0.2) is 71.9 Å². The van der Waals surface area contributed by atoms with E-state index in [1.807, 2.05) is 60.4 Å². The second-order valence-electron chi connectivity index (χ2n) is 11.8. The van der Waals surface area contributed by atoms with Gasteiger partial charge in [0.1, 0.15) is 11.4 Å². The fourth-order valence-corrected chi connectivity index (χ4v) is 5.90. The summed E-state index contributed by atoms with van der Waals surface area (Å²) in [6.45, 7) is 5.84. The molecule has 1 fully saturated rings. The molecule has 1 saturated heterocycles. The van der Waals surface area contributed by atoms with Gasteiger partial charge in [-0.1, -0.05) is 30.3 Å². The Balaban J connectivity index is 0.00000325. The van der Waals surface area contributed by atoms with Crippen LogP contribution in [-0.4, -0.2) is 86.7 Å². The molecule has 0 unspecified atom stereocenters. The monoisotopic (exact) mass is 707 g/mol. The van der Waals surface area contributed by atoms with Gasteiger partial charge in [0.05, 0.1) is 30.5 Å². The summed E-state index contributed by atoms with van der Waals surface area (Å²) in [6.07, 6.45) is 6.30. The Morgan fingerprint density at radius 3 is 2.45 bits per heavy atom. The van der Waals surface area contributed by atoms with Gasteiger partial charge in [-0.15, -0.1) is 24.8 Å². The number of ether oxygens (including phenoxy) is 2. The van der Waals surface area contributed by atoms with Crippen molar-refractivity contribution in [3.8, 4) is 22.6 Å². The van der Waals surface area contributed by atoms with Crippen LogP contribution in [0.2, 0.25) is 0 Å². The average Bonchev–Trinajstić information content (AvgIpc) is 3.09. The maximum Gasteiger partial charge on any atom is 0.260 e. The molecule has 2 amide bonds. The number of amides is 2. The van der Waals surface area contributed by atoms with Gasteiger partial charge in [-0.3, -0.25) is 14.6 Å². The van der Waals surface area contributed by atoms with Crippen LogP contribution in [0, 0.1) is 6.92 Å². The van der Waals surface area contributed by atoms with Crippen molar-refractivity contribution in [1.82, 2.24) is 14.8 Å². The molecule has 1 aromatic heterocycles. The number of nitrogens with zero attached hydrogens (tertiary/aromatic N) is 5. The van der Waals surface area contributed by atoms with Gasteiger partial charge in [0.15, 0.2) is 5.75 Å². The molecule has 10 nitrogen and oxygen atoms in total. The predicted octanol–water partition coefficient (Wildman–Crippen LogP) is 7.02. The summed E-state index contributed by atoms with van der Waals surface area (Å²) in [5.74, 6) is 0.672. The minimum Gasteiger partial charge on any atom is -0.494 e. The fourth-order valence-electron chi connectivity index (χ4n) is 5.90. The number of rotatable bonds is 12. The van der Waals surface area contributed by atoms with Crippen LogP contribution in [0.5, 0.6) is 11.5 Å². The highest BCUT2D eigenvalue weighted by Gasteiger charge is 2.25. The van der Waals surface area contributed by atoms with Crippen LogP contribution in [-0.2, 0) is 9.59 Å². The van der Waals surface area contributed by atoms with Crippen molar-refractivity contribution < 1.29 is 23.9 Å².